The number of benzene rings is 1. The van der Waals surface area contributed by atoms with Crippen molar-refractivity contribution in [1.29, 1.82) is 0 Å². The van der Waals surface area contributed by atoms with E-state index < -0.39 is 11.7 Å². The maximum absolute atomic E-state index is 13.6. The largest absolute Gasteiger partial charge is 0.497 e. The number of carbonyl (C=O) groups is 1. The molecule has 0 fully saturated rings. The van der Waals surface area contributed by atoms with Crippen LogP contribution in [0.25, 0.3) is 0 Å². The van der Waals surface area contributed by atoms with Crippen LogP contribution < -0.4 is 10.1 Å². The fraction of sp³-hybridized carbons (Fsp3) is 0.143. The van der Waals surface area contributed by atoms with Gasteiger partial charge >= 0.3 is 0 Å². The molecule has 0 saturated heterocycles. The quantitative estimate of drug-likeness (QED) is 0.510. The smallest absolute Gasteiger partial charge is 0.258 e. The second-order valence-corrected chi connectivity index (χ2v) is 6.03. The van der Waals surface area contributed by atoms with Crippen molar-refractivity contribution < 1.29 is 18.8 Å². The van der Waals surface area contributed by atoms with Crippen molar-refractivity contribution in [2.75, 3.05) is 19.5 Å². The summed E-state index contributed by atoms with van der Waals surface area (Å²) in [6, 6.07) is 10.7. The first-order valence-corrected chi connectivity index (χ1v) is 8.67. The predicted molar refractivity (Wildman–Crippen MR) is 107 cm³/mol. The molecule has 7 nitrogen and oxygen atoms in total. The summed E-state index contributed by atoms with van der Waals surface area (Å²) < 4.78 is 18.8. The van der Waals surface area contributed by atoms with Gasteiger partial charge in [-0.25, -0.2) is 9.37 Å². The van der Waals surface area contributed by atoms with Crippen LogP contribution in [0.2, 0.25) is 0 Å². The first-order chi connectivity index (χ1) is 14.0. The summed E-state index contributed by atoms with van der Waals surface area (Å²) in [6.07, 6.45) is 3.94. The molecule has 2 heterocycles. The maximum Gasteiger partial charge on any atom is 0.258 e. The van der Waals surface area contributed by atoms with E-state index in [1.165, 1.54) is 20.2 Å². The second kappa shape index (κ2) is 8.92. The SMILES string of the molecule is CO/N=C(\c1ccc(OC)cc1)c1ccc(NC(=O)c2cncc(F)c2C)nc1. The highest BCUT2D eigenvalue weighted by molar-refractivity contribution is 6.12. The van der Waals surface area contributed by atoms with Crippen LogP contribution in [0.3, 0.4) is 0 Å². The molecule has 148 valence electrons. The lowest BCUT2D eigenvalue weighted by Crippen LogP contribution is -2.15. The Morgan fingerprint density at radius 2 is 1.76 bits per heavy atom. The van der Waals surface area contributed by atoms with E-state index in [2.05, 4.69) is 20.4 Å². The van der Waals surface area contributed by atoms with E-state index in [1.807, 2.05) is 24.3 Å². The van der Waals surface area contributed by atoms with Crippen molar-refractivity contribution in [3.63, 3.8) is 0 Å². The molecule has 3 rings (SSSR count). The normalized spacial score (nSPS) is 11.1. The average Bonchev–Trinajstić information content (AvgIpc) is 2.75. The summed E-state index contributed by atoms with van der Waals surface area (Å²) >= 11 is 0. The highest BCUT2D eigenvalue weighted by Gasteiger charge is 2.14. The minimum absolute atomic E-state index is 0.149. The van der Waals surface area contributed by atoms with E-state index in [9.17, 15) is 9.18 Å². The fourth-order valence-electron chi connectivity index (χ4n) is 2.63. The van der Waals surface area contributed by atoms with Gasteiger partial charge in [0.1, 0.15) is 30.2 Å². The lowest BCUT2D eigenvalue weighted by atomic mass is 10.0. The number of aromatic nitrogens is 2. The summed E-state index contributed by atoms with van der Waals surface area (Å²) in [4.78, 5) is 25.3. The zero-order valence-electron chi connectivity index (χ0n) is 16.1. The molecule has 0 atom stereocenters. The number of oxime groups is 1. The Hall–Kier alpha value is -3.81. The van der Waals surface area contributed by atoms with Crippen LogP contribution in [-0.4, -0.2) is 35.8 Å². The monoisotopic (exact) mass is 394 g/mol. The molecule has 29 heavy (non-hydrogen) atoms. The van der Waals surface area contributed by atoms with Gasteiger partial charge in [-0.2, -0.15) is 0 Å². The Balaban J connectivity index is 1.81. The Kier molecular flexibility index (Phi) is 6.13. The molecule has 0 aliphatic rings. The number of nitrogens with zero attached hydrogens (tertiary/aromatic N) is 3. The Morgan fingerprint density at radius 3 is 2.38 bits per heavy atom. The highest BCUT2D eigenvalue weighted by atomic mass is 19.1. The highest BCUT2D eigenvalue weighted by Crippen LogP contribution is 2.18. The summed E-state index contributed by atoms with van der Waals surface area (Å²) in [7, 11) is 3.05. The van der Waals surface area contributed by atoms with Crippen LogP contribution in [0, 0.1) is 12.7 Å². The first kappa shape index (κ1) is 19.9. The molecular weight excluding hydrogens is 375 g/mol. The third-order valence-electron chi connectivity index (χ3n) is 4.22. The zero-order valence-corrected chi connectivity index (χ0v) is 16.1. The molecule has 0 radical (unpaired) electrons. The molecule has 1 N–H and O–H groups in total. The molecule has 0 aliphatic carbocycles. The van der Waals surface area contributed by atoms with Gasteiger partial charge in [0.2, 0.25) is 0 Å². The topological polar surface area (TPSA) is 85.7 Å². The minimum atomic E-state index is -0.541. The van der Waals surface area contributed by atoms with Gasteiger partial charge in [0.15, 0.2) is 0 Å². The molecule has 8 heteroatoms. The van der Waals surface area contributed by atoms with Gasteiger partial charge in [-0.3, -0.25) is 9.78 Å². The van der Waals surface area contributed by atoms with Gasteiger partial charge in [-0.05, 0) is 43.3 Å². The van der Waals surface area contributed by atoms with Gasteiger partial charge in [-0.1, -0.05) is 5.16 Å². The lowest BCUT2D eigenvalue weighted by Gasteiger charge is -2.09. The molecule has 1 amide bonds. The van der Waals surface area contributed by atoms with E-state index in [1.54, 1.807) is 25.4 Å². The van der Waals surface area contributed by atoms with Gasteiger partial charge < -0.3 is 14.9 Å². The standard InChI is InChI=1S/C21H19FN4O3/c1-13-17(11-23-12-18(13)22)21(27)25-19-9-6-15(10-24-19)20(26-29-3)14-4-7-16(28-2)8-5-14/h4-12H,1-3H3,(H,24,25,27)/b26-20+. The van der Waals surface area contributed by atoms with Gasteiger partial charge in [-0.15, -0.1) is 0 Å². The van der Waals surface area contributed by atoms with Crippen molar-refractivity contribution in [3.8, 4) is 5.75 Å². The maximum atomic E-state index is 13.6. The molecular formula is C21H19FN4O3. The molecule has 1 aromatic carbocycles. The molecule has 3 aromatic rings. The molecule has 2 aromatic heterocycles. The molecule has 0 unspecified atom stereocenters. The zero-order chi connectivity index (χ0) is 20.8. The number of halogens is 1. The number of pyridine rings is 2. The second-order valence-electron chi connectivity index (χ2n) is 6.03. The van der Waals surface area contributed by atoms with Crippen molar-refractivity contribution in [1.82, 2.24) is 9.97 Å². The number of anilines is 1. The Morgan fingerprint density at radius 1 is 1.03 bits per heavy atom. The Labute approximate surface area is 167 Å². The lowest BCUT2D eigenvalue weighted by molar-refractivity contribution is 0.102. The molecule has 0 saturated carbocycles. The fourth-order valence-corrected chi connectivity index (χ4v) is 2.63. The number of hydrogen-bond donors (Lipinski definition) is 1. The van der Waals surface area contributed by atoms with Crippen molar-refractivity contribution in [2.24, 2.45) is 5.16 Å². The predicted octanol–water partition coefficient (Wildman–Crippen LogP) is 3.58. The summed E-state index contributed by atoms with van der Waals surface area (Å²) in [6.45, 7) is 1.52. The van der Waals surface area contributed by atoms with Crippen LogP contribution in [0.5, 0.6) is 5.75 Å². The van der Waals surface area contributed by atoms with Crippen LogP contribution in [0.4, 0.5) is 10.2 Å². The molecule has 0 spiro atoms. The first-order valence-electron chi connectivity index (χ1n) is 8.67. The number of hydrogen-bond acceptors (Lipinski definition) is 6. The van der Waals surface area contributed by atoms with Crippen molar-refractivity contribution in [2.45, 2.75) is 6.92 Å². The molecule has 0 bridgehead atoms. The number of nitrogens with one attached hydrogen (secondary N) is 1. The van der Waals surface area contributed by atoms with E-state index in [4.69, 9.17) is 9.57 Å². The number of rotatable bonds is 6. The van der Waals surface area contributed by atoms with Crippen LogP contribution in [0.1, 0.15) is 27.0 Å². The summed E-state index contributed by atoms with van der Waals surface area (Å²) in [5, 5.41) is 6.71. The Bertz CT molecular complexity index is 1030. The third kappa shape index (κ3) is 4.55. The molecule has 0 aliphatic heterocycles. The third-order valence-corrected chi connectivity index (χ3v) is 4.22. The van der Waals surface area contributed by atoms with E-state index in [0.717, 1.165) is 17.5 Å². The summed E-state index contributed by atoms with van der Waals surface area (Å²) in [5.41, 5.74) is 2.45. The number of amides is 1. The number of methoxy groups -OCH3 is 1. The van der Waals surface area contributed by atoms with Crippen molar-refractivity contribution >= 4 is 17.4 Å². The van der Waals surface area contributed by atoms with Crippen LogP contribution in [-0.2, 0) is 4.84 Å². The number of ether oxygens (including phenoxy) is 1. The average molecular weight is 394 g/mol. The minimum Gasteiger partial charge on any atom is -0.497 e. The van der Waals surface area contributed by atoms with E-state index in [-0.39, 0.29) is 11.1 Å². The van der Waals surface area contributed by atoms with E-state index >= 15 is 0 Å². The van der Waals surface area contributed by atoms with Crippen molar-refractivity contribution in [3.05, 3.63) is 83.1 Å². The van der Waals surface area contributed by atoms with Gasteiger partial charge in [0.25, 0.3) is 5.91 Å². The van der Waals surface area contributed by atoms with Gasteiger partial charge in [0.05, 0.1) is 18.9 Å². The van der Waals surface area contributed by atoms with Crippen LogP contribution in [0.15, 0.2) is 60.1 Å². The van der Waals surface area contributed by atoms with Crippen LogP contribution >= 0.6 is 0 Å². The summed E-state index contributed by atoms with van der Waals surface area (Å²) in [5.74, 6) is 0.00861. The van der Waals surface area contributed by atoms with E-state index in [0.29, 0.717) is 17.1 Å². The van der Waals surface area contributed by atoms with Gasteiger partial charge in [0, 0.05) is 29.1 Å². The number of carbonyl (C=O) groups excluding carboxylic acids is 1.